The van der Waals surface area contributed by atoms with Gasteiger partial charge in [-0.3, -0.25) is 0 Å². The number of hydrogen-bond donors (Lipinski definition) is 0. The van der Waals surface area contributed by atoms with E-state index in [1.165, 1.54) is 16.3 Å². The molecule has 0 unspecified atom stereocenters. The topological polar surface area (TPSA) is 13.1 Å². The summed E-state index contributed by atoms with van der Waals surface area (Å²) in [5.41, 5.74) is 6.24. The van der Waals surface area contributed by atoms with Crippen LogP contribution in [0.1, 0.15) is 6.85 Å². The first-order valence-corrected chi connectivity index (χ1v) is 15.8. The van der Waals surface area contributed by atoms with Crippen LogP contribution in [0.25, 0.3) is 98.4 Å². The molecule has 1 heterocycles. The lowest BCUT2D eigenvalue weighted by Gasteiger charge is -2.19. The van der Waals surface area contributed by atoms with Gasteiger partial charge in [-0.1, -0.05) is 152 Å². The van der Waals surface area contributed by atoms with Gasteiger partial charge < -0.3 is 4.42 Å². The SMILES string of the molecule is [2H]c1c([2H])c(-c2c3ccccc3c(-c3ccc(-c4cccc5ccccc45)cc3)c3ccccc23)c2c([2H])c3oc4ccccc4c3c([2H])c2c1[2H]. The number of furan rings is 1. The normalized spacial score (nSPS) is 13.3. The van der Waals surface area contributed by atoms with E-state index in [0.717, 1.165) is 38.2 Å². The Hall–Kier alpha value is -6.18. The Bertz CT molecular complexity index is 3060. The molecule has 0 aliphatic heterocycles. The molecule has 0 aliphatic rings. The Morgan fingerprint density at radius 2 is 0.957 bits per heavy atom. The zero-order valence-corrected chi connectivity index (χ0v) is 25.2. The predicted molar refractivity (Wildman–Crippen MR) is 200 cm³/mol. The van der Waals surface area contributed by atoms with Crippen LogP contribution in [0.5, 0.6) is 0 Å². The van der Waals surface area contributed by atoms with Crippen LogP contribution < -0.4 is 0 Å². The molecule has 0 bridgehead atoms. The van der Waals surface area contributed by atoms with Gasteiger partial charge in [0.1, 0.15) is 11.2 Å². The van der Waals surface area contributed by atoms with Crippen molar-refractivity contribution in [3.8, 4) is 33.4 Å². The number of benzene rings is 9. The van der Waals surface area contributed by atoms with Gasteiger partial charge in [0.2, 0.25) is 0 Å². The maximum Gasteiger partial charge on any atom is 0.136 e. The van der Waals surface area contributed by atoms with Crippen molar-refractivity contribution in [2.24, 2.45) is 0 Å². The fourth-order valence-corrected chi connectivity index (χ4v) is 7.31. The molecule has 0 saturated carbocycles. The molecule has 0 aliphatic carbocycles. The highest BCUT2D eigenvalue weighted by atomic mass is 16.3. The minimum absolute atomic E-state index is 0.00969. The first kappa shape index (κ1) is 21.5. The van der Waals surface area contributed by atoms with Crippen LogP contribution in [0.3, 0.4) is 0 Å². The van der Waals surface area contributed by atoms with Crippen molar-refractivity contribution in [3.05, 3.63) is 170 Å². The van der Waals surface area contributed by atoms with Crippen molar-refractivity contribution in [1.82, 2.24) is 0 Å². The maximum atomic E-state index is 9.54. The summed E-state index contributed by atoms with van der Waals surface area (Å²) < 4.78 is 52.6. The molecular formula is C46H28O. The average molecular weight is 602 g/mol. The molecule has 0 atom stereocenters. The van der Waals surface area contributed by atoms with E-state index in [4.69, 9.17) is 7.16 Å². The van der Waals surface area contributed by atoms with Gasteiger partial charge in [-0.15, -0.1) is 0 Å². The van der Waals surface area contributed by atoms with Crippen LogP contribution in [0.2, 0.25) is 0 Å². The van der Waals surface area contributed by atoms with E-state index in [-0.39, 0.29) is 46.6 Å². The number of fused-ring (bicyclic) bond motifs is 7. The van der Waals surface area contributed by atoms with Gasteiger partial charge in [0.15, 0.2) is 0 Å². The van der Waals surface area contributed by atoms with E-state index in [1.807, 2.05) is 60.7 Å². The van der Waals surface area contributed by atoms with Gasteiger partial charge in [0.05, 0.1) is 6.85 Å². The minimum atomic E-state index is -0.274. The highest BCUT2D eigenvalue weighted by Gasteiger charge is 2.19. The Morgan fingerprint density at radius 3 is 1.70 bits per heavy atom. The summed E-state index contributed by atoms with van der Waals surface area (Å²) in [6, 6.07) is 46.4. The van der Waals surface area contributed by atoms with Gasteiger partial charge in [-0.05, 0) is 94.6 Å². The molecule has 1 heteroatoms. The van der Waals surface area contributed by atoms with Crippen molar-refractivity contribution in [2.75, 3.05) is 0 Å². The smallest absolute Gasteiger partial charge is 0.136 e. The molecule has 10 aromatic rings. The Kier molecular flexibility index (Phi) is 4.66. The van der Waals surface area contributed by atoms with Gasteiger partial charge >= 0.3 is 0 Å². The van der Waals surface area contributed by atoms with Crippen LogP contribution in [0.15, 0.2) is 174 Å². The summed E-state index contributed by atoms with van der Waals surface area (Å²) in [5, 5.41) is 7.64. The van der Waals surface area contributed by atoms with E-state index in [9.17, 15) is 4.11 Å². The second-order valence-electron chi connectivity index (χ2n) is 12.0. The molecule has 0 radical (unpaired) electrons. The molecule has 1 aromatic heterocycles. The summed E-state index contributed by atoms with van der Waals surface area (Å²) in [7, 11) is 0. The largest absolute Gasteiger partial charge is 0.456 e. The second-order valence-corrected chi connectivity index (χ2v) is 12.0. The fourth-order valence-electron chi connectivity index (χ4n) is 7.31. The van der Waals surface area contributed by atoms with E-state index >= 15 is 0 Å². The van der Waals surface area contributed by atoms with E-state index in [2.05, 4.69) is 78.9 Å². The average Bonchev–Trinajstić information content (AvgIpc) is 3.59. The Labute approximate surface area is 279 Å². The highest BCUT2D eigenvalue weighted by Crippen LogP contribution is 2.46. The molecule has 0 spiro atoms. The summed E-state index contributed by atoms with van der Waals surface area (Å²) in [6.45, 7) is 0. The number of para-hydroxylation sites is 1. The molecule has 218 valence electrons. The lowest BCUT2D eigenvalue weighted by molar-refractivity contribution is 0.669. The molecule has 9 aromatic carbocycles. The monoisotopic (exact) mass is 601 g/mol. The molecule has 0 amide bonds. The lowest BCUT2D eigenvalue weighted by Crippen LogP contribution is -1.92. The maximum absolute atomic E-state index is 9.54. The fraction of sp³-hybridized carbons (Fsp3) is 0. The van der Waals surface area contributed by atoms with Crippen LogP contribution in [-0.4, -0.2) is 0 Å². The first-order chi connectivity index (χ1) is 25.4. The third-order valence-electron chi connectivity index (χ3n) is 9.41. The minimum Gasteiger partial charge on any atom is -0.456 e. The third kappa shape index (κ3) is 3.97. The summed E-state index contributed by atoms with van der Waals surface area (Å²) in [4.78, 5) is 0. The van der Waals surface area contributed by atoms with Crippen LogP contribution in [0.4, 0.5) is 0 Å². The summed E-state index contributed by atoms with van der Waals surface area (Å²) in [5.74, 6) is 0. The van der Waals surface area contributed by atoms with E-state index in [0.29, 0.717) is 27.5 Å². The molecule has 10 rings (SSSR count). The van der Waals surface area contributed by atoms with E-state index < -0.39 is 0 Å². The second kappa shape index (κ2) is 10.2. The van der Waals surface area contributed by atoms with Crippen molar-refractivity contribution < 1.29 is 11.3 Å². The van der Waals surface area contributed by atoms with Gasteiger partial charge in [0.25, 0.3) is 0 Å². The van der Waals surface area contributed by atoms with E-state index in [1.54, 1.807) is 0 Å². The Morgan fingerprint density at radius 1 is 0.362 bits per heavy atom. The predicted octanol–water partition coefficient (Wildman–Crippen LogP) is 13.2. The number of hydrogen-bond acceptors (Lipinski definition) is 1. The van der Waals surface area contributed by atoms with Crippen molar-refractivity contribution >= 4 is 65.0 Å². The zero-order chi connectivity index (χ0) is 35.2. The van der Waals surface area contributed by atoms with Crippen molar-refractivity contribution in [1.29, 1.82) is 0 Å². The van der Waals surface area contributed by atoms with Crippen LogP contribution >= 0.6 is 0 Å². The summed E-state index contributed by atoms with van der Waals surface area (Å²) >= 11 is 0. The molecule has 0 saturated heterocycles. The van der Waals surface area contributed by atoms with Gasteiger partial charge in [0, 0.05) is 10.8 Å². The highest BCUT2D eigenvalue weighted by molar-refractivity contribution is 6.24. The quantitative estimate of drug-likeness (QED) is 0.184. The molecule has 0 fully saturated rings. The third-order valence-corrected chi connectivity index (χ3v) is 9.41. The first-order valence-electron chi connectivity index (χ1n) is 18.3. The molecule has 0 N–H and O–H groups in total. The van der Waals surface area contributed by atoms with Crippen molar-refractivity contribution in [2.45, 2.75) is 0 Å². The van der Waals surface area contributed by atoms with Crippen LogP contribution in [0, 0.1) is 0 Å². The standard InChI is InChI=1S/C46H28O/c1-2-14-33-29(11-1)12-9-20-34(33)30-23-25-31(26-24-30)45-36-16-3-5-18-38(36)46(39-19-6-4-17-37(39)45)40-21-10-13-32-27-42-35-15-7-8-22-43(35)47-44(42)28-41(32)40/h1-28H/i10D,13D,21D,27D,28D. The molecule has 47 heavy (non-hydrogen) atoms. The lowest BCUT2D eigenvalue weighted by atomic mass is 9.84. The van der Waals surface area contributed by atoms with Crippen molar-refractivity contribution in [3.63, 3.8) is 0 Å². The number of rotatable bonds is 3. The Balaban J connectivity index is 1.29. The summed E-state index contributed by atoms with van der Waals surface area (Å²) in [6.07, 6.45) is 0. The van der Waals surface area contributed by atoms with Gasteiger partial charge in [-0.2, -0.15) is 0 Å². The zero-order valence-electron chi connectivity index (χ0n) is 30.2. The van der Waals surface area contributed by atoms with Crippen LogP contribution in [-0.2, 0) is 0 Å². The molecule has 1 nitrogen and oxygen atoms in total. The molecular weight excluding hydrogens is 569 g/mol. The van der Waals surface area contributed by atoms with Gasteiger partial charge in [-0.25, -0.2) is 0 Å².